The van der Waals surface area contributed by atoms with E-state index in [4.69, 9.17) is 11.6 Å². The molecular weight excluding hydrogens is 450 g/mol. The normalized spacial score (nSPS) is 13.2. The van der Waals surface area contributed by atoms with Crippen molar-refractivity contribution in [3.8, 4) is 17.2 Å². The van der Waals surface area contributed by atoms with Gasteiger partial charge >= 0.3 is 6.18 Å². The van der Waals surface area contributed by atoms with E-state index in [0.29, 0.717) is 11.5 Å². The zero-order valence-electron chi connectivity index (χ0n) is 15.8. The van der Waals surface area contributed by atoms with E-state index in [1.807, 2.05) is 0 Å². The zero-order valence-corrected chi connectivity index (χ0v) is 16.6. The molecule has 0 atom stereocenters. The van der Waals surface area contributed by atoms with Crippen molar-refractivity contribution in [2.45, 2.75) is 12.7 Å². The van der Waals surface area contributed by atoms with Crippen LogP contribution in [0, 0.1) is 5.82 Å². The molecule has 32 heavy (non-hydrogen) atoms. The zero-order chi connectivity index (χ0) is 22.5. The SMILES string of the molecule is Fc1cccnc1C1=NCc2nnc(-c3ccncn3)n2-c2ccc(C(F)(F)F)c(Cl)c21. The van der Waals surface area contributed by atoms with E-state index in [9.17, 15) is 17.6 Å². The molecule has 4 heterocycles. The average molecular weight is 460 g/mol. The maximum Gasteiger partial charge on any atom is 0.417 e. The lowest BCUT2D eigenvalue weighted by atomic mass is 10.00. The summed E-state index contributed by atoms with van der Waals surface area (Å²) in [5, 5.41) is 7.60. The molecule has 160 valence electrons. The number of pyridine rings is 1. The third-order valence-corrected chi connectivity index (χ3v) is 5.20. The largest absolute Gasteiger partial charge is 0.417 e. The predicted molar refractivity (Wildman–Crippen MR) is 106 cm³/mol. The molecule has 0 fully saturated rings. The first-order valence-corrected chi connectivity index (χ1v) is 9.50. The number of nitrogens with zero attached hydrogens (tertiary/aromatic N) is 7. The molecule has 0 aliphatic carbocycles. The summed E-state index contributed by atoms with van der Waals surface area (Å²) in [5.74, 6) is -0.196. The van der Waals surface area contributed by atoms with Gasteiger partial charge in [-0.05, 0) is 30.3 Å². The molecule has 1 aliphatic heterocycles. The van der Waals surface area contributed by atoms with Crippen LogP contribution in [-0.2, 0) is 12.7 Å². The lowest BCUT2D eigenvalue weighted by Gasteiger charge is -2.18. The van der Waals surface area contributed by atoms with Gasteiger partial charge in [-0.3, -0.25) is 14.5 Å². The van der Waals surface area contributed by atoms with Crippen LogP contribution in [0.25, 0.3) is 17.2 Å². The molecular formula is C20H10ClF4N7. The van der Waals surface area contributed by atoms with Gasteiger partial charge in [-0.1, -0.05) is 11.6 Å². The monoisotopic (exact) mass is 459 g/mol. The van der Waals surface area contributed by atoms with E-state index < -0.39 is 22.6 Å². The van der Waals surface area contributed by atoms with Crippen LogP contribution in [0.15, 0.2) is 54.0 Å². The lowest BCUT2D eigenvalue weighted by Crippen LogP contribution is -2.16. The van der Waals surface area contributed by atoms with E-state index in [1.165, 1.54) is 35.4 Å². The fraction of sp³-hybridized carbons (Fsp3) is 0.100. The van der Waals surface area contributed by atoms with Gasteiger partial charge < -0.3 is 0 Å². The summed E-state index contributed by atoms with van der Waals surface area (Å²) < 4.78 is 57.0. The molecule has 7 nitrogen and oxygen atoms in total. The van der Waals surface area contributed by atoms with Crippen LogP contribution in [0.1, 0.15) is 22.6 Å². The van der Waals surface area contributed by atoms with Crippen LogP contribution in [-0.4, -0.2) is 35.4 Å². The molecule has 4 aromatic rings. The van der Waals surface area contributed by atoms with Gasteiger partial charge in [0.1, 0.15) is 24.3 Å². The van der Waals surface area contributed by atoms with Crippen molar-refractivity contribution in [2.75, 3.05) is 0 Å². The van der Waals surface area contributed by atoms with E-state index in [0.717, 1.165) is 12.1 Å². The fourth-order valence-corrected chi connectivity index (χ4v) is 3.80. The lowest BCUT2D eigenvalue weighted by molar-refractivity contribution is -0.137. The number of halogens is 5. The van der Waals surface area contributed by atoms with Crippen molar-refractivity contribution < 1.29 is 17.6 Å². The van der Waals surface area contributed by atoms with Gasteiger partial charge in [0.2, 0.25) is 0 Å². The van der Waals surface area contributed by atoms with Crippen molar-refractivity contribution >= 4 is 17.3 Å². The number of hydrogen-bond donors (Lipinski definition) is 0. The Hall–Kier alpha value is -3.73. The third-order valence-electron chi connectivity index (χ3n) is 4.81. The van der Waals surface area contributed by atoms with Crippen LogP contribution in [0.3, 0.4) is 0 Å². The van der Waals surface area contributed by atoms with Crippen LogP contribution in [0.4, 0.5) is 17.6 Å². The summed E-state index contributed by atoms with van der Waals surface area (Å²) in [6, 6.07) is 6.17. The molecule has 1 aromatic carbocycles. The van der Waals surface area contributed by atoms with Crippen molar-refractivity contribution in [2.24, 2.45) is 4.99 Å². The average Bonchev–Trinajstić information content (AvgIpc) is 3.12. The Morgan fingerprint density at radius 2 is 1.84 bits per heavy atom. The van der Waals surface area contributed by atoms with Crippen molar-refractivity contribution in [1.82, 2.24) is 29.7 Å². The summed E-state index contributed by atoms with van der Waals surface area (Å²) in [5.41, 5.74) is -0.980. The van der Waals surface area contributed by atoms with Crippen molar-refractivity contribution in [3.63, 3.8) is 0 Å². The molecule has 0 unspecified atom stereocenters. The van der Waals surface area contributed by atoms with Crippen LogP contribution >= 0.6 is 11.6 Å². The molecule has 12 heteroatoms. The Labute approximate surface area is 182 Å². The van der Waals surface area contributed by atoms with Gasteiger partial charge in [0, 0.05) is 18.0 Å². The number of aromatic nitrogens is 6. The highest BCUT2D eigenvalue weighted by Crippen LogP contribution is 2.41. The maximum atomic E-state index is 14.6. The second-order valence-electron chi connectivity index (χ2n) is 6.69. The van der Waals surface area contributed by atoms with Gasteiger partial charge in [-0.25, -0.2) is 14.4 Å². The van der Waals surface area contributed by atoms with E-state index in [1.54, 1.807) is 6.07 Å². The topological polar surface area (TPSA) is 81.7 Å². The Morgan fingerprint density at radius 3 is 2.56 bits per heavy atom. The summed E-state index contributed by atoms with van der Waals surface area (Å²) in [6.45, 7) is -0.101. The van der Waals surface area contributed by atoms with Crippen molar-refractivity contribution in [3.05, 3.63) is 82.5 Å². The van der Waals surface area contributed by atoms with Gasteiger partial charge in [0.25, 0.3) is 0 Å². The first-order chi connectivity index (χ1) is 15.4. The Balaban J connectivity index is 1.84. The number of aliphatic imine (C=N–C) groups is 1. The molecule has 0 saturated carbocycles. The number of hydrogen-bond acceptors (Lipinski definition) is 6. The molecule has 0 saturated heterocycles. The molecule has 3 aromatic heterocycles. The van der Waals surface area contributed by atoms with Crippen molar-refractivity contribution in [1.29, 1.82) is 0 Å². The first-order valence-electron chi connectivity index (χ1n) is 9.12. The number of rotatable bonds is 2. The minimum atomic E-state index is -4.74. The fourth-order valence-electron chi connectivity index (χ4n) is 3.44. The second kappa shape index (κ2) is 7.45. The smallest absolute Gasteiger partial charge is 0.275 e. The van der Waals surface area contributed by atoms with E-state index in [2.05, 4.69) is 30.1 Å². The summed E-state index contributed by atoms with van der Waals surface area (Å²) >= 11 is 6.28. The van der Waals surface area contributed by atoms with Crippen LogP contribution in [0.5, 0.6) is 0 Å². The van der Waals surface area contributed by atoms with Gasteiger partial charge in [-0.15, -0.1) is 10.2 Å². The third kappa shape index (κ3) is 3.21. The number of benzene rings is 1. The second-order valence-corrected chi connectivity index (χ2v) is 7.07. The van der Waals surface area contributed by atoms with E-state index >= 15 is 0 Å². The van der Waals surface area contributed by atoms with E-state index in [-0.39, 0.29) is 35.0 Å². The van der Waals surface area contributed by atoms with Gasteiger partial charge in [0.05, 0.1) is 22.0 Å². The Kier molecular flexibility index (Phi) is 4.70. The minimum absolute atomic E-state index is 0.101. The molecule has 0 radical (unpaired) electrons. The molecule has 5 rings (SSSR count). The molecule has 0 spiro atoms. The van der Waals surface area contributed by atoms with Crippen LogP contribution in [0.2, 0.25) is 5.02 Å². The highest BCUT2D eigenvalue weighted by molar-refractivity contribution is 6.37. The molecule has 0 bridgehead atoms. The first kappa shape index (κ1) is 20.2. The highest BCUT2D eigenvalue weighted by atomic mass is 35.5. The maximum absolute atomic E-state index is 14.6. The van der Waals surface area contributed by atoms with Gasteiger partial charge in [0.15, 0.2) is 17.5 Å². The molecule has 1 aliphatic rings. The summed E-state index contributed by atoms with van der Waals surface area (Å²) in [6.07, 6.45) is -0.622. The predicted octanol–water partition coefficient (Wildman–Crippen LogP) is 4.28. The molecule has 0 N–H and O–H groups in total. The summed E-state index contributed by atoms with van der Waals surface area (Å²) in [4.78, 5) is 16.3. The Morgan fingerprint density at radius 1 is 1.00 bits per heavy atom. The molecule has 0 amide bonds. The number of alkyl halides is 3. The summed E-state index contributed by atoms with van der Waals surface area (Å²) in [7, 11) is 0. The van der Waals surface area contributed by atoms with Gasteiger partial charge in [-0.2, -0.15) is 13.2 Å². The highest BCUT2D eigenvalue weighted by Gasteiger charge is 2.37. The standard InChI is InChI=1S/C20H10ClF4N7/c21-16-10(20(23,24)25)3-4-13-15(16)18(17-11(22)2-1-6-27-17)28-8-14-30-31-19(32(13)14)12-5-7-26-9-29-12/h1-7,9H,8H2. The van der Waals surface area contributed by atoms with Crippen LogP contribution < -0.4 is 0 Å². The Bertz CT molecular complexity index is 1370. The minimum Gasteiger partial charge on any atom is -0.275 e. The number of fused-ring (bicyclic) bond motifs is 3. The quantitative estimate of drug-likeness (QED) is 0.418.